The average Bonchev–Trinajstić information content (AvgIpc) is 3.08. The topological polar surface area (TPSA) is 77.7 Å². The normalized spacial score (nSPS) is 23.3. The number of nitrogens with zero attached hydrogens (tertiary/aromatic N) is 3. The van der Waals surface area contributed by atoms with Crippen molar-refractivity contribution in [1.82, 2.24) is 15.1 Å². The van der Waals surface area contributed by atoms with Crippen LogP contribution in [-0.4, -0.2) is 47.4 Å². The van der Waals surface area contributed by atoms with E-state index in [0.29, 0.717) is 44.6 Å². The number of aryl methyl sites for hydroxylation is 1. The van der Waals surface area contributed by atoms with Crippen molar-refractivity contribution < 1.29 is 18.7 Å². The number of hydrogen-bond acceptors (Lipinski definition) is 6. The third kappa shape index (κ3) is 3.29. The lowest BCUT2D eigenvalue weighted by molar-refractivity contribution is -0.144. The number of benzene rings is 1. The average molecular weight is 343 g/mol. The van der Waals surface area contributed by atoms with Crippen LogP contribution in [0.3, 0.4) is 0 Å². The van der Waals surface area contributed by atoms with Gasteiger partial charge in [-0.15, -0.1) is 10.2 Å². The van der Waals surface area contributed by atoms with Gasteiger partial charge in [-0.2, -0.15) is 0 Å². The highest BCUT2D eigenvalue weighted by atomic mass is 16.5. The van der Waals surface area contributed by atoms with Crippen molar-refractivity contribution in [3.05, 3.63) is 47.2 Å². The summed E-state index contributed by atoms with van der Waals surface area (Å²) in [4.78, 5) is 14.7. The first-order chi connectivity index (χ1) is 12.2. The third-order valence-corrected chi connectivity index (χ3v) is 4.73. The van der Waals surface area contributed by atoms with Gasteiger partial charge < -0.3 is 18.8 Å². The second kappa shape index (κ2) is 6.93. The predicted molar refractivity (Wildman–Crippen MR) is 87.8 cm³/mol. The first-order valence-electron chi connectivity index (χ1n) is 8.59. The lowest BCUT2D eigenvalue weighted by atomic mass is 9.95. The summed E-state index contributed by atoms with van der Waals surface area (Å²) in [7, 11) is 0. The highest BCUT2D eigenvalue weighted by molar-refractivity contribution is 5.77. The van der Waals surface area contributed by atoms with Crippen LogP contribution in [0, 0.1) is 6.92 Å². The molecule has 2 aromatic rings. The van der Waals surface area contributed by atoms with Crippen molar-refractivity contribution in [1.29, 1.82) is 0 Å². The minimum Gasteiger partial charge on any atom is -0.423 e. The number of ether oxygens (including phenoxy) is 2. The van der Waals surface area contributed by atoms with Gasteiger partial charge in [0.15, 0.2) is 0 Å². The van der Waals surface area contributed by atoms with E-state index in [-0.39, 0.29) is 18.1 Å². The number of carbonyl (C=O) groups excluding carboxylic acids is 1. The number of amides is 1. The van der Waals surface area contributed by atoms with Crippen LogP contribution in [-0.2, 0) is 20.7 Å². The number of fused-ring (bicyclic) bond motifs is 1. The van der Waals surface area contributed by atoms with Crippen LogP contribution in [0.1, 0.15) is 41.5 Å². The van der Waals surface area contributed by atoms with E-state index in [1.54, 1.807) is 11.8 Å². The van der Waals surface area contributed by atoms with Gasteiger partial charge in [-0.05, 0) is 17.5 Å². The molecule has 0 saturated carbocycles. The first kappa shape index (κ1) is 16.2. The maximum atomic E-state index is 13.0. The lowest BCUT2D eigenvalue weighted by Crippen LogP contribution is -2.44. The molecular weight excluding hydrogens is 322 g/mol. The van der Waals surface area contributed by atoms with Gasteiger partial charge in [0, 0.05) is 13.5 Å². The van der Waals surface area contributed by atoms with Gasteiger partial charge in [-0.3, -0.25) is 4.79 Å². The molecule has 0 radical (unpaired) electrons. The Bertz CT molecular complexity index is 760. The van der Waals surface area contributed by atoms with E-state index >= 15 is 0 Å². The molecule has 7 nitrogen and oxygen atoms in total. The number of morpholine rings is 1. The van der Waals surface area contributed by atoms with Crippen molar-refractivity contribution in [3.8, 4) is 0 Å². The van der Waals surface area contributed by atoms with Crippen molar-refractivity contribution >= 4 is 5.91 Å². The van der Waals surface area contributed by atoms with Crippen LogP contribution in [0.2, 0.25) is 0 Å². The fourth-order valence-corrected chi connectivity index (χ4v) is 3.47. The van der Waals surface area contributed by atoms with E-state index in [0.717, 1.165) is 12.0 Å². The van der Waals surface area contributed by atoms with Crippen LogP contribution < -0.4 is 0 Å². The SMILES string of the molecule is Cc1nnc([C@H]2COCCN2C(=O)C[C@H]2OCCc3ccccc32)o1. The van der Waals surface area contributed by atoms with Gasteiger partial charge in [0.2, 0.25) is 17.7 Å². The van der Waals surface area contributed by atoms with Crippen LogP contribution in [0.5, 0.6) is 0 Å². The van der Waals surface area contributed by atoms with Crippen LogP contribution in [0.25, 0.3) is 0 Å². The number of aromatic nitrogens is 2. The molecule has 7 heteroatoms. The van der Waals surface area contributed by atoms with Crippen LogP contribution in [0.4, 0.5) is 0 Å². The van der Waals surface area contributed by atoms with Crippen molar-refractivity contribution in [3.63, 3.8) is 0 Å². The molecule has 1 aromatic carbocycles. The lowest BCUT2D eigenvalue weighted by Gasteiger charge is -2.35. The van der Waals surface area contributed by atoms with E-state index in [1.165, 1.54) is 5.56 Å². The van der Waals surface area contributed by atoms with E-state index < -0.39 is 0 Å². The van der Waals surface area contributed by atoms with Gasteiger partial charge in [0.05, 0.1) is 32.3 Å². The monoisotopic (exact) mass is 343 g/mol. The van der Waals surface area contributed by atoms with Crippen molar-refractivity contribution in [2.24, 2.45) is 0 Å². The largest absolute Gasteiger partial charge is 0.423 e. The molecule has 2 aliphatic rings. The molecular formula is C18H21N3O4. The summed E-state index contributed by atoms with van der Waals surface area (Å²) >= 11 is 0. The molecule has 0 aliphatic carbocycles. The molecule has 4 rings (SSSR count). The Morgan fingerprint density at radius 3 is 3.00 bits per heavy atom. The Hall–Kier alpha value is -2.25. The molecule has 3 heterocycles. The summed E-state index contributed by atoms with van der Waals surface area (Å²) in [5.41, 5.74) is 2.37. The highest BCUT2D eigenvalue weighted by Crippen LogP contribution is 2.32. The maximum absolute atomic E-state index is 13.0. The van der Waals surface area contributed by atoms with Crippen molar-refractivity contribution in [2.75, 3.05) is 26.4 Å². The summed E-state index contributed by atoms with van der Waals surface area (Å²) in [5.74, 6) is 0.930. The van der Waals surface area contributed by atoms with E-state index in [1.807, 2.05) is 18.2 Å². The molecule has 132 valence electrons. The van der Waals surface area contributed by atoms with Gasteiger partial charge >= 0.3 is 0 Å². The smallest absolute Gasteiger partial charge is 0.241 e. The first-order valence-corrected chi connectivity index (χ1v) is 8.59. The van der Waals surface area contributed by atoms with Crippen LogP contribution in [0.15, 0.2) is 28.7 Å². The summed E-state index contributed by atoms with van der Waals surface area (Å²) in [6.07, 6.45) is 0.994. The zero-order valence-corrected chi connectivity index (χ0v) is 14.2. The molecule has 1 amide bonds. The second-order valence-corrected chi connectivity index (χ2v) is 6.35. The third-order valence-electron chi connectivity index (χ3n) is 4.73. The fourth-order valence-electron chi connectivity index (χ4n) is 3.47. The minimum absolute atomic E-state index is 0.0193. The van der Waals surface area contributed by atoms with E-state index in [2.05, 4.69) is 16.3 Å². The number of hydrogen-bond donors (Lipinski definition) is 0. The fraction of sp³-hybridized carbons (Fsp3) is 0.500. The Morgan fingerprint density at radius 1 is 1.28 bits per heavy atom. The summed E-state index contributed by atoms with van der Waals surface area (Å²) in [6.45, 7) is 3.77. The number of rotatable bonds is 3. The Morgan fingerprint density at radius 2 is 2.16 bits per heavy atom. The second-order valence-electron chi connectivity index (χ2n) is 6.35. The maximum Gasteiger partial charge on any atom is 0.241 e. The molecule has 0 unspecified atom stereocenters. The molecule has 0 N–H and O–H groups in total. The van der Waals surface area contributed by atoms with Crippen molar-refractivity contribution in [2.45, 2.75) is 31.9 Å². The zero-order valence-electron chi connectivity index (χ0n) is 14.2. The van der Waals surface area contributed by atoms with Gasteiger partial charge in [0.1, 0.15) is 6.04 Å². The quantitative estimate of drug-likeness (QED) is 0.848. The Labute approximate surface area is 145 Å². The van der Waals surface area contributed by atoms with Crippen LogP contribution >= 0.6 is 0 Å². The molecule has 0 spiro atoms. The summed E-state index contributed by atoms with van der Waals surface area (Å²) in [6, 6.07) is 7.84. The molecule has 1 aromatic heterocycles. The van der Waals surface area contributed by atoms with Gasteiger partial charge in [-0.25, -0.2) is 0 Å². The Kier molecular flexibility index (Phi) is 4.50. The molecule has 1 saturated heterocycles. The zero-order chi connectivity index (χ0) is 17.2. The van der Waals surface area contributed by atoms with E-state index in [4.69, 9.17) is 13.9 Å². The summed E-state index contributed by atoms with van der Waals surface area (Å²) in [5, 5.41) is 7.93. The minimum atomic E-state index is -0.332. The molecule has 1 fully saturated rings. The highest BCUT2D eigenvalue weighted by Gasteiger charge is 2.34. The molecule has 2 atom stereocenters. The summed E-state index contributed by atoms with van der Waals surface area (Å²) < 4.78 is 16.9. The van der Waals surface area contributed by atoms with Gasteiger partial charge in [-0.1, -0.05) is 24.3 Å². The van der Waals surface area contributed by atoms with E-state index in [9.17, 15) is 4.79 Å². The molecule has 2 aliphatic heterocycles. The molecule has 25 heavy (non-hydrogen) atoms. The number of carbonyl (C=O) groups is 1. The Balaban J connectivity index is 1.52. The van der Waals surface area contributed by atoms with Gasteiger partial charge in [0.25, 0.3) is 0 Å². The predicted octanol–water partition coefficient (Wildman–Crippen LogP) is 1.98. The standard InChI is InChI=1S/C18H21N3O4/c1-12-19-20-18(25-12)15-11-23-9-7-21(15)17(22)10-16-14-5-3-2-4-13(14)6-8-24-16/h2-5,15-16H,6-11H2,1H3/t15-,16-/m1/s1. The molecule has 0 bridgehead atoms.